The molecule has 0 saturated carbocycles. The molecule has 0 bridgehead atoms. The van der Waals surface area contributed by atoms with Crippen LogP contribution in [0.3, 0.4) is 0 Å². The van der Waals surface area contributed by atoms with Crippen molar-refractivity contribution in [2.75, 3.05) is 0 Å². The lowest BCUT2D eigenvalue weighted by Crippen LogP contribution is -2.30. The number of hydrogen-bond acceptors (Lipinski definition) is 3. The molecular weight excluding hydrogens is 360 g/mol. The Hall–Kier alpha value is -2.59. The van der Waals surface area contributed by atoms with Gasteiger partial charge >= 0.3 is 0 Å². The highest BCUT2D eigenvalue weighted by Crippen LogP contribution is 2.31. The normalized spacial score (nSPS) is 10.7. The highest BCUT2D eigenvalue weighted by Gasteiger charge is 2.16. The monoisotopic (exact) mass is 394 g/mol. The van der Waals surface area contributed by atoms with Crippen molar-refractivity contribution in [3.05, 3.63) is 66.2 Å². The third-order valence-corrected chi connectivity index (χ3v) is 5.28. The molecule has 2 rings (SSSR count). The Labute approximate surface area is 174 Å². The van der Waals surface area contributed by atoms with Gasteiger partial charge in [0.2, 0.25) is 0 Å². The molecular formula is C25H34N2O2. The first-order valence-corrected chi connectivity index (χ1v) is 10.7. The van der Waals surface area contributed by atoms with Crippen molar-refractivity contribution in [3.63, 3.8) is 0 Å². The van der Waals surface area contributed by atoms with Crippen molar-refractivity contribution in [1.29, 1.82) is 0 Å². The second-order valence-electron chi connectivity index (χ2n) is 7.53. The number of benzene rings is 2. The van der Waals surface area contributed by atoms with E-state index in [1.165, 1.54) is 38.5 Å². The number of carbonyl (C=O) groups is 1. The Morgan fingerprint density at radius 3 is 2.17 bits per heavy atom. The molecule has 0 atom stereocenters. The molecule has 0 aromatic heterocycles. The lowest BCUT2D eigenvalue weighted by Gasteiger charge is -2.13. The Kier molecular flexibility index (Phi) is 10.0. The van der Waals surface area contributed by atoms with Gasteiger partial charge in [-0.3, -0.25) is 10.2 Å². The van der Waals surface area contributed by atoms with Gasteiger partial charge in [0, 0.05) is 0 Å². The Bertz CT molecular complexity index is 772. The average molecular weight is 395 g/mol. The lowest BCUT2D eigenvalue weighted by atomic mass is 9.95. The topological polar surface area (TPSA) is 75.4 Å². The van der Waals surface area contributed by atoms with E-state index < -0.39 is 5.91 Å². The number of carbonyl (C=O) groups excluding carboxylic acids is 1. The van der Waals surface area contributed by atoms with Gasteiger partial charge in [0.1, 0.15) is 5.75 Å². The number of nitrogen functional groups attached to an aromatic ring is 1. The fraction of sp³-hybridized carbons (Fsp3) is 0.400. The minimum absolute atomic E-state index is 0.0369. The van der Waals surface area contributed by atoms with E-state index in [-0.39, 0.29) is 11.3 Å². The summed E-state index contributed by atoms with van der Waals surface area (Å²) >= 11 is 0. The number of rotatable bonds is 13. The number of nitrogens with two attached hydrogens (primary N) is 1. The molecule has 0 fully saturated rings. The van der Waals surface area contributed by atoms with E-state index in [1.807, 2.05) is 42.5 Å². The molecule has 2 aromatic carbocycles. The lowest BCUT2D eigenvalue weighted by molar-refractivity contribution is 0.0951. The SMILES string of the molecule is C=CCCCCCCCCCCc1cc(-c2ccccc2)cc(C(=O)NN)c1O. The van der Waals surface area contributed by atoms with Crippen molar-refractivity contribution in [2.45, 2.75) is 64.2 Å². The number of hydrazine groups is 1. The van der Waals surface area contributed by atoms with E-state index in [0.29, 0.717) is 0 Å². The van der Waals surface area contributed by atoms with Gasteiger partial charge in [0.25, 0.3) is 5.91 Å². The number of nitrogens with one attached hydrogen (secondary N) is 1. The molecule has 29 heavy (non-hydrogen) atoms. The summed E-state index contributed by atoms with van der Waals surface area (Å²) in [4.78, 5) is 12.1. The zero-order valence-electron chi connectivity index (χ0n) is 17.3. The summed E-state index contributed by atoms with van der Waals surface area (Å²) in [6.45, 7) is 3.76. The number of unbranched alkanes of at least 4 members (excludes halogenated alkanes) is 8. The first kappa shape index (κ1) is 22.7. The van der Waals surface area contributed by atoms with Crippen molar-refractivity contribution in [1.82, 2.24) is 5.43 Å². The highest BCUT2D eigenvalue weighted by atomic mass is 16.3. The molecule has 0 radical (unpaired) electrons. The number of phenols is 1. The van der Waals surface area contributed by atoms with Gasteiger partial charge in [0.05, 0.1) is 5.56 Å². The number of phenolic OH excluding ortho intramolecular Hbond substituents is 1. The van der Waals surface area contributed by atoms with Gasteiger partial charge in [-0.05, 0) is 54.5 Å². The van der Waals surface area contributed by atoms with Crippen molar-refractivity contribution < 1.29 is 9.90 Å². The standard InChI is InChI=1S/C25H34N2O2/c1-2-3-4-5-6-7-8-9-10-12-17-21-18-22(20-15-13-11-14-16-20)19-23(24(21)28)25(29)27-26/h2,11,13-16,18-19,28H,1,3-10,12,17,26H2,(H,27,29). The van der Waals surface area contributed by atoms with Gasteiger partial charge in [-0.1, -0.05) is 74.9 Å². The molecule has 4 nitrogen and oxygen atoms in total. The molecule has 0 saturated heterocycles. The number of hydrogen-bond donors (Lipinski definition) is 3. The molecule has 0 aliphatic heterocycles. The Morgan fingerprint density at radius 2 is 1.55 bits per heavy atom. The van der Waals surface area contributed by atoms with Crippen molar-refractivity contribution in [2.24, 2.45) is 5.84 Å². The average Bonchev–Trinajstić information content (AvgIpc) is 2.76. The summed E-state index contributed by atoms with van der Waals surface area (Å²) in [5.74, 6) is 4.87. The number of aryl methyl sites for hydroxylation is 1. The number of allylic oxidation sites excluding steroid dienone is 1. The molecule has 4 N–H and O–H groups in total. The Morgan fingerprint density at radius 1 is 0.931 bits per heavy atom. The first-order chi connectivity index (χ1) is 14.2. The maximum atomic E-state index is 12.1. The fourth-order valence-corrected chi connectivity index (χ4v) is 3.60. The van der Waals surface area contributed by atoms with E-state index in [1.54, 1.807) is 6.07 Å². The van der Waals surface area contributed by atoms with Crippen LogP contribution < -0.4 is 11.3 Å². The Balaban J connectivity index is 1.92. The van der Waals surface area contributed by atoms with E-state index in [2.05, 4.69) is 12.0 Å². The molecule has 1 amide bonds. The molecule has 0 spiro atoms. The summed E-state index contributed by atoms with van der Waals surface area (Å²) in [5, 5.41) is 10.6. The molecule has 0 unspecified atom stereocenters. The van der Waals surface area contributed by atoms with Gasteiger partial charge < -0.3 is 5.11 Å². The van der Waals surface area contributed by atoms with Crippen molar-refractivity contribution in [3.8, 4) is 16.9 Å². The quantitative estimate of drug-likeness (QED) is 0.130. The zero-order chi connectivity index (χ0) is 20.9. The second kappa shape index (κ2) is 12.8. The van der Waals surface area contributed by atoms with Crippen LogP contribution in [0.1, 0.15) is 73.7 Å². The zero-order valence-corrected chi connectivity index (χ0v) is 17.3. The minimum atomic E-state index is -0.474. The van der Waals surface area contributed by atoms with Crippen LogP contribution in [0.2, 0.25) is 0 Å². The predicted molar refractivity (Wildman–Crippen MR) is 121 cm³/mol. The molecule has 4 heteroatoms. The van der Waals surface area contributed by atoms with Crippen molar-refractivity contribution >= 4 is 5.91 Å². The maximum absolute atomic E-state index is 12.1. The maximum Gasteiger partial charge on any atom is 0.268 e. The van der Waals surface area contributed by atoms with Crippen LogP contribution >= 0.6 is 0 Å². The van der Waals surface area contributed by atoms with E-state index in [0.717, 1.165) is 42.4 Å². The summed E-state index contributed by atoms with van der Waals surface area (Å²) < 4.78 is 0. The van der Waals surface area contributed by atoms with Crippen LogP contribution in [0.5, 0.6) is 5.75 Å². The predicted octanol–water partition coefficient (Wildman–Crippen LogP) is 5.90. The molecule has 0 aliphatic rings. The number of amides is 1. The fourth-order valence-electron chi connectivity index (χ4n) is 3.60. The molecule has 0 aliphatic carbocycles. The molecule has 2 aromatic rings. The molecule has 156 valence electrons. The van der Waals surface area contributed by atoms with E-state index in [4.69, 9.17) is 5.84 Å². The molecule has 0 heterocycles. The van der Waals surface area contributed by atoms with E-state index in [9.17, 15) is 9.90 Å². The summed E-state index contributed by atoms with van der Waals surface area (Å²) in [5.41, 5.74) is 5.08. The first-order valence-electron chi connectivity index (χ1n) is 10.7. The van der Waals surface area contributed by atoms with Crippen LogP contribution in [0.25, 0.3) is 11.1 Å². The third kappa shape index (κ3) is 7.39. The third-order valence-electron chi connectivity index (χ3n) is 5.28. The van der Waals surface area contributed by atoms with Crippen LogP contribution in [0.4, 0.5) is 0 Å². The summed E-state index contributed by atoms with van der Waals surface area (Å²) in [7, 11) is 0. The largest absolute Gasteiger partial charge is 0.507 e. The minimum Gasteiger partial charge on any atom is -0.507 e. The van der Waals surface area contributed by atoms with Gasteiger partial charge in [-0.2, -0.15) is 0 Å². The van der Waals surface area contributed by atoms with Crippen LogP contribution in [0.15, 0.2) is 55.1 Å². The van der Waals surface area contributed by atoms with Crippen LogP contribution in [-0.2, 0) is 6.42 Å². The van der Waals surface area contributed by atoms with Crippen LogP contribution in [0, 0.1) is 0 Å². The number of aromatic hydroxyl groups is 1. The van der Waals surface area contributed by atoms with Gasteiger partial charge in [-0.25, -0.2) is 5.84 Å². The van der Waals surface area contributed by atoms with E-state index >= 15 is 0 Å². The smallest absolute Gasteiger partial charge is 0.268 e. The summed E-state index contributed by atoms with van der Waals surface area (Å²) in [6, 6.07) is 13.5. The second-order valence-corrected chi connectivity index (χ2v) is 7.53. The van der Waals surface area contributed by atoms with Crippen LogP contribution in [-0.4, -0.2) is 11.0 Å². The summed E-state index contributed by atoms with van der Waals surface area (Å²) in [6.07, 6.45) is 13.6. The highest BCUT2D eigenvalue weighted by molar-refractivity contribution is 5.98. The van der Waals surface area contributed by atoms with Gasteiger partial charge in [0.15, 0.2) is 0 Å². The van der Waals surface area contributed by atoms with Gasteiger partial charge in [-0.15, -0.1) is 6.58 Å².